The Hall–Kier alpha value is -1.88. The number of ether oxygens (including phenoxy) is 1. The van der Waals surface area contributed by atoms with Gasteiger partial charge in [0.15, 0.2) is 6.61 Å². The van der Waals surface area contributed by atoms with E-state index in [1.165, 1.54) is 5.56 Å². The molecule has 1 unspecified atom stereocenters. The largest absolute Gasteiger partial charge is 0.483 e. The molecule has 0 saturated heterocycles. The van der Waals surface area contributed by atoms with Gasteiger partial charge in [-0.1, -0.05) is 19.1 Å². The van der Waals surface area contributed by atoms with Crippen LogP contribution in [0.3, 0.4) is 0 Å². The van der Waals surface area contributed by atoms with Crippen molar-refractivity contribution in [2.24, 2.45) is 5.73 Å². The van der Waals surface area contributed by atoms with Gasteiger partial charge in [0.2, 0.25) is 5.89 Å². The zero-order chi connectivity index (χ0) is 15.4. The first kappa shape index (κ1) is 15.5. The van der Waals surface area contributed by atoms with Gasteiger partial charge in [0.1, 0.15) is 5.75 Å². The molecule has 2 aromatic rings. The fourth-order valence-electron chi connectivity index (χ4n) is 2.38. The highest BCUT2D eigenvalue weighted by Gasteiger charge is 2.10. The van der Waals surface area contributed by atoms with Gasteiger partial charge in [-0.3, -0.25) is 0 Å². The predicted octanol–water partition coefficient (Wildman–Crippen LogP) is 2.72. The highest BCUT2D eigenvalue weighted by atomic mass is 16.5. The summed E-state index contributed by atoms with van der Waals surface area (Å²) in [5.74, 6) is 2.01. The Morgan fingerprint density at radius 1 is 1.19 bits per heavy atom. The van der Waals surface area contributed by atoms with Crippen LogP contribution in [0.15, 0.2) is 16.5 Å². The van der Waals surface area contributed by atoms with Crippen LogP contribution in [0, 0.1) is 13.8 Å². The number of rotatable bonds is 6. The number of nitrogens with zero attached hydrogens (tertiary/aromatic N) is 2. The van der Waals surface area contributed by atoms with E-state index in [1.54, 1.807) is 0 Å². The minimum atomic E-state index is 0.154. The summed E-state index contributed by atoms with van der Waals surface area (Å²) in [6.07, 6.45) is 1.60. The third-order valence-electron chi connectivity index (χ3n) is 3.23. The standard InChI is InChI=1S/C16H23N3O2/c1-5-14-18-19-15(21-14)9-20-16-10(2)6-13(7-11(16)3)8-12(4)17/h6-7,12H,5,8-9,17H2,1-4H3. The van der Waals surface area contributed by atoms with Crippen molar-refractivity contribution in [2.45, 2.75) is 53.2 Å². The molecule has 0 bridgehead atoms. The molecular formula is C16H23N3O2. The van der Waals surface area contributed by atoms with Gasteiger partial charge in [0.05, 0.1) is 0 Å². The number of aryl methyl sites for hydroxylation is 3. The Labute approximate surface area is 125 Å². The predicted molar refractivity (Wildman–Crippen MR) is 81.3 cm³/mol. The van der Waals surface area contributed by atoms with Gasteiger partial charge in [0.25, 0.3) is 5.89 Å². The van der Waals surface area contributed by atoms with Crippen LogP contribution in [0.1, 0.15) is 42.3 Å². The maximum Gasteiger partial charge on any atom is 0.253 e. The molecule has 1 aromatic heterocycles. The summed E-state index contributed by atoms with van der Waals surface area (Å²) in [6.45, 7) is 8.36. The summed E-state index contributed by atoms with van der Waals surface area (Å²) in [4.78, 5) is 0. The van der Waals surface area contributed by atoms with Gasteiger partial charge >= 0.3 is 0 Å². The lowest BCUT2D eigenvalue weighted by atomic mass is 10.0. The lowest BCUT2D eigenvalue weighted by molar-refractivity contribution is 0.256. The molecule has 1 heterocycles. The fourth-order valence-corrected chi connectivity index (χ4v) is 2.38. The molecule has 2 rings (SSSR count). The Morgan fingerprint density at radius 3 is 2.33 bits per heavy atom. The molecule has 0 aliphatic carbocycles. The average molecular weight is 289 g/mol. The monoisotopic (exact) mass is 289 g/mol. The molecule has 1 aromatic carbocycles. The van der Waals surface area contributed by atoms with Crippen molar-refractivity contribution in [1.82, 2.24) is 10.2 Å². The van der Waals surface area contributed by atoms with Gasteiger partial charge in [-0.2, -0.15) is 0 Å². The highest BCUT2D eigenvalue weighted by Crippen LogP contribution is 2.26. The van der Waals surface area contributed by atoms with Crippen molar-refractivity contribution < 1.29 is 9.15 Å². The van der Waals surface area contributed by atoms with E-state index >= 15 is 0 Å². The molecule has 0 fully saturated rings. The lowest BCUT2D eigenvalue weighted by Gasteiger charge is -2.14. The molecule has 0 amide bonds. The normalized spacial score (nSPS) is 12.4. The van der Waals surface area contributed by atoms with Crippen molar-refractivity contribution >= 4 is 0 Å². The Kier molecular flexibility index (Phi) is 4.96. The topological polar surface area (TPSA) is 74.2 Å². The van der Waals surface area contributed by atoms with E-state index in [0.717, 1.165) is 29.7 Å². The van der Waals surface area contributed by atoms with E-state index in [1.807, 2.05) is 27.7 Å². The second kappa shape index (κ2) is 6.72. The van der Waals surface area contributed by atoms with Crippen LogP contribution in [0.25, 0.3) is 0 Å². The van der Waals surface area contributed by atoms with E-state index in [4.69, 9.17) is 14.9 Å². The maximum atomic E-state index is 5.85. The van der Waals surface area contributed by atoms with Crippen LogP contribution in [0.2, 0.25) is 0 Å². The first-order valence-electron chi connectivity index (χ1n) is 7.29. The fraction of sp³-hybridized carbons (Fsp3) is 0.500. The van der Waals surface area contributed by atoms with Crippen molar-refractivity contribution in [1.29, 1.82) is 0 Å². The molecule has 5 heteroatoms. The zero-order valence-corrected chi connectivity index (χ0v) is 13.1. The molecule has 114 valence electrons. The number of hydrogen-bond acceptors (Lipinski definition) is 5. The van der Waals surface area contributed by atoms with Crippen LogP contribution < -0.4 is 10.5 Å². The third-order valence-corrected chi connectivity index (χ3v) is 3.23. The second-order valence-corrected chi connectivity index (χ2v) is 5.47. The molecule has 5 nitrogen and oxygen atoms in total. The van der Waals surface area contributed by atoms with Crippen LogP contribution in [-0.2, 0) is 19.4 Å². The van der Waals surface area contributed by atoms with Gasteiger partial charge in [-0.15, -0.1) is 10.2 Å². The Morgan fingerprint density at radius 2 is 1.81 bits per heavy atom. The lowest BCUT2D eigenvalue weighted by Crippen LogP contribution is -2.18. The van der Waals surface area contributed by atoms with Gasteiger partial charge in [-0.05, 0) is 43.9 Å². The number of hydrogen-bond donors (Lipinski definition) is 1. The second-order valence-electron chi connectivity index (χ2n) is 5.47. The average Bonchev–Trinajstić information content (AvgIpc) is 2.85. The molecule has 21 heavy (non-hydrogen) atoms. The molecule has 0 saturated carbocycles. The minimum absolute atomic E-state index is 0.154. The first-order valence-corrected chi connectivity index (χ1v) is 7.29. The molecule has 0 aliphatic rings. The molecule has 0 radical (unpaired) electrons. The number of aromatic nitrogens is 2. The van der Waals surface area contributed by atoms with Crippen LogP contribution in [0.4, 0.5) is 0 Å². The summed E-state index contributed by atoms with van der Waals surface area (Å²) in [5, 5.41) is 7.89. The summed E-state index contributed by atoms with van der Waals surface area (Å²) in [7, 11) is 0. The van der Waals surface area contributed by atoms with E-state index in [9.17, 15) is 0 Å². The smallest absolute Gasteiger partial charge is 0.253 e. The van der Waals surface area contributed by atoms with Crippen molar-refractivity contribution in [3.05, 3.63) is 40.6 Å². The van der Waals surface area contributed by atoms with E-state index < -0.39 is 0 Å². The quantitative estimate of drug-likeness (QED) is 0.885. The number of nitrogens with two attached hydrogens (primary N) is 1. The summed E-state index contributed by atoms with van der Waals surface area (Å²) in [6, 6.07) is 4.40. The summed E-state index contributed by atoms with van der Waals surface area (Å²) < 4.78 is 11.3. The molecule has 0 aliphatic heterocycles. The van der Waals surface area contributed by atoms with Gasteiger partial charge in [0, 0.05) is 12.5 Å². The molecule has 1 atom stereocenters. The van der Waals surface area contributed by atoms with Crippen LogP contribution in [-0.4, -0.2) is 16.2 Å². The van der Waals surface area contributed by atoms with E-state index in [-0.39, 0.29) is 6.04 Å². The van der Waals surface area contributed by atoms with Gasteiger partial charge in [-0.25, -0.2) is 0 Å². The highest BCUT2D eigenvalue weighted by molar-refractivity contribution is 5.43. The molecule has 2 N–H and O–H groups in total. The SMILES string of the molecule is CCc1nnc(COc2c(C)cc(CC(C)N)cc2C)o1. The summed E-state index contributed by atoms with van der Waals surface area (Å²) >= 11 is 0. The molecule has 0 spiro atoms. The van der Waals surface area contributed by atoms with Gasteiger partial charge < -0.3 is 14.9 Å². The summed E-state index contributed by atoms with van der Waals surface area (Å²) in [5.41, 5.74) is 9.28. The van der Waals surface area contributed by atoms with E-state index in [2.05, 4.69) is 22.3 Å². The Balaban J connectivity index is 2.09. The maximum absolute atomic E-state index is 5.85. The Bertz CT molecular complexity index is 582. The van der Waals surface area contributed by atoms with E-state index in [0.29, 0.717) is 18.4 Å². The third kappa shape index (κ3) is 4.04. The number of benzene rings is 1. The van der Waals surface area contributed by atoms with Crippen molar-refractivity contribution in [2.75, 3.05) is 0 Å². The van der Waals surface area contributed by atoms with Crippen molar-refractivity contribution in [3.8, 4) is 5.75 Å². The molecular weight excluding hydrogens is 266 g/mol. The minimum Gasteiger partial charge on any atom is -0.483 e. The first-order chi connectivity index (χ1) is 9.99. The van der Waals surface area contributed by atoms with Crippen LogP contribution >= 0.6 is 0 Å². The zero-order valence-electron chi connectivity index (χ0n) is 13.1. The van der Waals surface area contributed by atoms with Crippen LogP contribution in [0.5, 0.6) is 5.75 Å². The van der Waals surface area contributed by atoms with Crippen molar-refractivity contribution in [3.63, 3.8) is 0 Å².